The highest BCUT2D eigenvalue weighted by Crippen LogP contribution is 2.31. The number of aryl methyl sites for hydroxylation is 1. The summed E-state index contributed by atoms with van der Waals surface area (Å²) in [5, 5.41) is 4.43. The zero-order valence-electron chi connectivity index (χ0n) is 16.3. The van der Waals surface area contributed by atoms with Gasteiger partial charge in [0.05, 0.1) is 11.6 Å². The van der Waals surface area contributed by atoms with Crippen LogP contribution in [0.2, 0.25) is 5.02 Å². The van der Waals surface area contributed by atoms with Crippen LogP contribution in [-0.2, 0) is 4.79 Å². The molecule has 0 bridgehead atoms. The van der Waals surface area contributed by atoms with Gasteiger partial charge in [-0.3, -0.25) is 9.59 Å². The molecule has 28 heavy (non-hydrogen) atoms. The van der Waals surface area contributed by atoms with E-state index in [0.717, 1.165) is 41.9 Å². The van der Waals surface area contributed by atoms with Crippen molar-refractivity contribution in [3.05, 3.63) is 39.9 Å². The minimum absolute atomic E-state index is 0.0330. The Labute approximate surface area is 175 Å². The van der Waals surface area contributed by atoms with Crippen LogP contribution in [0, 0.1) is 12.8 Å². The van der Waals surface area contributed by atoms with Crippen molar-refractivity contribution in [2.24, 2.45) is 5.92 Å². The molecule has 1 N–H and O–H groups in total. The van der Waals surface area contributed by atoms with Gasteiger partial charge in [-0.05, 0) is 38.3 Å². The van der Waals surface area contributed by atoms with Crippen LogP contribution in [0.1, 0.15) is 48.0 Å². The Hall–Kier alpha value is -1.92. The average Bonchev–Trinajstić information content (AvgIpc) is 3.09. The maximum atomic E-state index is 13.1. The number of thiazole rings is 1. The number of carbonyl (C=O) groups is 2. The summed E-state index contributed by atoms with van der Waals surface area (Å²) in [6.45, 7) is 5.82. The zero-order valence-corrected chi connectivity index (χ0v) is 17.9. The number of carbonyl (C=O) groups excluding carboxylic acids is 2. The van der Waals surface area contributed by atoms with Gasteiger partial charge in [0.25, 0.3) is 5.91 Å². The van der Waals surface area contributed by atoms with Crippen molar-refractivity contribution < 1.29 is 9.59 Å². The van der Waals surface area contributed by atoms with Gasteiger partial charge in [0.1, 0.15) is 9.88 Å². The van der Waals surface area contributed by atoms with E-state index in [-0.39, 0.29) is 17.7 Å². The second-order valence-corrected chi connectivity index (χ2v) is 8.61. The van der Waals surface area contributed by atoms with E-state index in [4.69, 9.17) is 11.6 Å². The number of piperidine rings is 1. The lowest BCUT2D eigenvalue weighted by Crippen LogP contribution is -2.45. The van der Waals surface area contributed by atoms with E-state index in [2.05, 4.69) is 17.2 Å². The number of likely N-dealkylation sites (tertiary alicyclic amines) is 1. The minimum atomic E-state index is -0.129. The Balaban J connectivity index is 1.70. The van der Waals surface area contributed by atoms with Crippen LogP contribution in [0.4, 0.5) is 0 Å². The minimum Gasteiger partial charge on any atom is -0.356 e. The fraction of sp³-hybridized carbons (Fsp3) is 0.476. The summed E-state index contributed by atoms with van der Waals surface area (Å²) in [4.78, 5) is 32.5. The number of amides is 2. The van der Waals surface area contributed by atoms with Gasteiger partial charge in [-0.1, -0.05) is 37.1 Å². The molecule has 2 amide bonds. The second kappa shape index (κ2) is 9.52. The normalized spacial score (nSPS) is 16.8. The molecular weight excluding hydrogens is 394 g/mol. The van der Waals surface area contributed by atoms with Crippen molar-refractivity contribution in [3.63, 3.8) is 0 Å². The van der Waals surface area contributed by atoms with Crippen LogP contribution in [0.25, 0.3) is 10.6 Å². The Bertz CT molecular complexity index is 852. The van der Waals surface area contributed by atoms with E-state index in [1.54, 1.807) is 4.90 Å². The number of nitrogens with zero attached hydrogens (tertiary/aromatic N) is 2. The fourth-order valence-electron chi connectivity index (χ4n) is 3.39. The second-order valence-electron chi connectivity index (χ2n) is 7.18. The summed E-state index contributed by atoms with van der Waals surface area (Å²) < 4.78 is 0. The maximum Gasteiger partial charge on any atom is 0.265 e. The molecule has 1 fully saturated rings. The lowest BCUT2D eigenvalue weighted by atomic mass is 9.97. The van der Waals surface area contributed by atoms with E-state index in [1.807, 2.05) is 31.2 Å². The van der Waals surface area contributed by atoms with Gasteiger partial charge in [-0.25, -0.2) is 4.98 Å². The molecule has 1 unspecified atom stereocenters. The van der Waals surface area contributed by atoms with Crippen LogP contribution >= 0.6 is 22.9 Å². The number of nitrogens with one attached hydrogen (secondary N) is 1. The fourth-order valence-corrected chi connectivity index (χ4v) is 4.61. The molecule has 5 nitrogen and oxygen atoms in total. The first kappa shape index (κ1) is 20.8. The molecule has 0 saturated carbocycles. The monoisotopic (exact) mass is 419 g/mol. The number of hydrogen-bond donors (Lipinski definition) is 1. The molecule has 150 valence electrons. The van der Waals surface area contributed by atoms with Crippen molar-refractivity contribution in [1.82, 2.24) is 15.2 Å². The topological polar surface area (TPSA) is 62.3 Å². The molecule has 0 radical (unpaired) electrons. The summed E-state index contributed by atoms with van der Waals surface area (Å²) in [5.74, 6) is -0.101. The quantitative estimate of drug-likeness (QED) is 0.699. The molecule has 2 aromatic rings. The first-order valence-corrected chi connectivity index (χ1v) is 11.0. The third-order valence-electron chi connectivity index (χ3n) is 4.97. The van der Waals surface area contributed by atoms with Gasteiger partial charge in [0.2, 0.25) is 5.91 Å². The summed E-state index contributed by atoms with van der Waals surface area (Å²) in [6.07, 6.45) is 3.70. The highest BCUT2D eigenvalue weighted by Gasteiger charge is 2.30. The highest BCUT2D eigenvalue weighted by molar-refractivity contribution is 7.17. The Morgan fingerprint density at radius 2 is 2.21 bits per heavy atom. The Morgan fingerprint density at radius 3 is 2.96 bits per heavy atom. The number of unbranched alkanes of at least 4 members (excludes halogenated alkanes) is 1. The standard InChI is InChI=1S/C21H26ClN3O2S/c1-3-4-10-23-19(26)16-8-6-11-25(13-16)21(27)18-14(2)24-20(28-18)15-7-5-9-17(22)12-15/h5,7,9,12,16H,3-4,6,8,10-11,13H2,1-2H3,(H,23,26). The summed E-state index contributed by atoms with van der Waals surface area (Å²) in [7, 11) is 0. The smallest absolute Gasteiger partial charge is 0.265 e. The van der Waals surface area contributed by atoms with Gasteiger partial charge in [-0.15, -0.1) is 11.3 Å². The first-order valence-electron chi connectivity index (χ1n) is 9.80. The molecule has 1 atom stereocenters. The SMILES string of the molecule is CCCCNC(=O)C1CCCN(C(=O)c2sc(-c3cccc(Cl)c3)nc2C)C1. The predicted molar refractivity (Wildman–Crippen MR) is 114 cm³/mol. The Morgan fingerprint density at radius 1 is 1.39 bits per heavy atom. The molecule has 0 aliphatic carbocycles. The molecule has 1 aliphatic heterocycles. The maximum absolute atomic E-state index is 13.1. The van der Waals surface area contributed by atoms with E-state index in [1.165, 1.54) is 11.3 Å². The van der Waals surface area contributed by atoms with Crippen molar-refractivity contribution in [2.75, 3.05) is 19.6 Å². The van der Waals surface area contributed by atoms with Crippen molar-refractivity contribution >= 4 is 34.8 Å². The third kappa shape index (κ3) is 4.92. The Kier molecular flexibility index (Phi) is 7.08. The van der Waals surface area contributed by atoms with Crippen LogP contribution in [0.15, 0.2) is 24.3 Å². The first-order chi connectivity index (χ1) is 13.5. The molecule has 7 heteroatoms. The number of halogens is 1. The predicted octanol–water partition coefficient (Wildman–Crippen LogP) is 4.54. The lowest BCUT2D eigenvalue weighted by Gasteiger charge is -2.31. The molecule has 1 aromatic carbocycles. The van der Waals surface area contributed by atoms with Crippen molar-refractivity contribution in [2.45, 2.75) is 39.5 Å². The number of rotatable bonds is 6. The van der Waals surface area contributed by atoms with E-state index in [0.29, 0.717) is 29.5 Å². The van der Waals surface area contributed by atoms with Gasteiger partial charge in [0.15, 0.2) is 0 Å². The van der Waals surface area contributed by atoms with Gasteiger partial charge >= 0.3 is 0 Å². The molecule has 1 aromatic heterocycles. The van der Waals surface area contributed by atoms with Crippen LogP contribution in [-0.4, -0.2) is 41.3 Å². The van der Waals surface area contributed by atoms with Crippen molar-refractivity contribution in [3.8, 4) is 10.6 Å². The number of aromatic nitrogens is 1. The molecule has 3 rings (SSSR count). The molecule has 2 heterocycles. The van der Waals surface area contributed by atoms with E-state index < -0.39 is 0 Å². The van der Waals surface area contributed by atoms with Crippen molar-refractivity contribution in [1.29, 1.82) is 0 Å². The average molecular weight is 420 g/mol. The molecule has 1 aliphatic rings. The molecular formula is C21H26ClN3O2S. The summed E-state index contributed by atoms with van der Waals surface area (Å²) in [6, 6.07) is 7.49. The summed E-state index contributed by atoms with van der Waals surface area (Å²) >= 11 is 7.47. The lowest BCUT2D eigenvalue weighted by molar-refractivity contribution is -0.126. The third-order valence-corrected chi connectivity index (χ3v) is 6.40. The van der Waals surface area contributed by atoms with Crippen LogP contribution in [0.5, 0.6) is 0 Å². The number of hydrogen-bond acceptors (Lipinski definition) is 4. The number of benzene rings is 1. The van der Waals surface area contributed by atoms with E-state index in [9.17, 15) is 9.59 Å². The van der Waals surface area contributed by atoms with Gasteiger partial charge in [0, 0.05) is 30.2 Å². The van der Waals surface area contributed by atoms with Gasteiger partial charge < -0.3 is 10.2 Å². The molecule has 1 saturated heterocycles. The zero-order chi connectivity index (χ0) is 20.1. The largest absolute Gasteiger partial charge is 0.356 e. The van der Waals surface area contributed by atoms with Crippen LogP contribution in [0.3, 0.4) is 0 Å². The van der Waals surface area contributed by atoms with E-state index >= 15 is 0 Å². The van der Waals surface area contributed by atoms with Gasteiger partial charge in [-0.2, -0.15) is 0 Å². The molecule has 0 spiro atoms. The summed E-state index contributed by atoms with van der Waals surface area (Å²) in [5.41, 5.74) is 1.63. The highest BCUT2D eigenvalue weighted by atomic mass is 35.5. The van der Waals surface area contributed by atoms with Crippen LogP contribution < -0.4 is 5.32 Å².